The van der Waals surface area contributed by atoms with Gasteiger partial charge in [0.15, 0.2) is 5.82 Å². The van der Waals surface area contributed by atoms with E-state index in [9.17, 15) is 13.2 Å². The Kier molecular flexibility index (Phi) is 5.29. The predicted octanol–water partition coefficient (Wildman–Crippen LogP) is 0.361. The molecular formula is C8H14F3N5O. The Labute approximate surface area is 96.1 Å². The van der Waals surface area contributed by atoms with Gasteiger partial charge < -0.3 is 10.1 Å². The minimum Gasteiger partial charge on any atom is -0.370 e. The van der Waals surface area contributed by atoms with Gasteiger partial charge in [0.2, 0.25) is 0 Å². The van der Waals surface area contributed by atoms with Crippen LogP contribution < -0.4 is 5.32 Å². The Morgan fingerprint density at radius 3 is 2.82 bits per heavy atom. The molecule has 0 amide bonds. The van der Waals surface area contributed by atoms with Gasteiger partial charge in [-0.1, -0.05) is 6.92 Å². The third-order valence-electron chi connectivity index (χ3n) is 1.85. The standard InChI is InChI=1S/C8H14F3N5O/c1-2-12-5-7-13-14-15-16(7)3-4-17-6-8(9,10)11/h12H,2-6H2,1H3. The molecule has 0 saturated heterocycles. The van der Waals surface area contributed by atoms with Crippen LogP contribution in [-0.4, -0.2) is 46.1 Å². The van der Waals surface area contributed by atoms with Crippen molar-refractivity contribution >= 4 is 0 Å². The van der Waals surface area contributed by atoms with E-state index in [0.717, 1.165) is 6.54 Å². The number of rotatable bonds is 7. The van der Waals surface area contributed by atoms with E-state index in [0.29, 0.717) is 12.4 Å². The highest BCUT2D eigenvalue weighted by Gasteiger charge is 2.27. The topological polar surface area (TPSA) is 64.9 Å². The quantitative estimate of drug-likeness (QED) is 0.711. The lowest BCUT2D eigenvalue weighted by atomic mass is 10.5. The lowest BCUT2D eigenvalue weighted by molar-refractivity contribution is -0.174. The second kappa shape index (κ2) is 6.50. The van der Waals surface area contributed by atoms with Gasteiger partial charge in [-0.3, -0.25) is 0 Å². The number of hydrogen-bond donors (Lipinski definition) is 1. The van der Waals surface area contributed by atoms with Gasteiger partial charge in [-0.05, 0) is 17.0 Å². The third-order valence-corrected chi connectivity index (χ3v) is 1.85. The normalized spacial score (nSPS) is 12.0. The molecule has 0 bridgehead atoms. The fourth-order valence-corrected chi connectivity index (χ4v) is 1.10. The molecule has 17 heavy (non-hydrogen) atoms. The molecule has 1 N–H and O–H groups in total. The van der Waals surface area contributed by atoms with Crippen molar-refractivity contribution in [1.29, 1.82) is 0 Å². The predicted molar refractivity (Wildman–Crippen MR) is 52.1 cm³/mol. The number of alkyl halides is 3. The molecule has 0 aromatic carbocycles. The van der Waals surface area contributed by atoms with Gasteiger partial charge in [-0.15, -0.1) is 5.10 Å². The van der Waals surface area contributed by atoms with Gasteiger partial charge in [0.1, 0.15) is 6.61 Å². The maximum absolute atomic E-state index is 11.8. The van der Waals surface area contributed by atoms with Crippen LogP contribution in [0.5, 0.6) is 0 Å². The van der Waals surface area contributed by atoms with Crippen LogP contribution in [0.3, 0.4) is 0 Å². The van der Waals surface area contributed by atoms with E-state index in [1.54, 1.807) is 0 Å². The molecule has 0 atom stereocenters. The molecule has 0 aliphatic rings. The zero-order chi connectivity index (χ0) is 12.7. The van der Waals surface area contributed by atoms with Crippen molar-refractivity contribution in [3.63, 3.8) is 0 Å². The molecule has 0 saturated carbocycles. The molecule has 0 radical (unpaired) electrons. The Morgan fingerprint density at radius 1 is 1.41 bits per heavy atom. The SMILES string of the molecule is CCNCc1nnnn1CCOCC(F)(F)F. The van der Waals surface area contributed by atoms with E-state index in [1.807, 2.05) is 6.92 Å². The molecule has 0 aliphatic heterocycles. The van der Waals surface area contributed by atoms with Crippen molar-refractivity contribution in [2.24, 2.45) is 0 Å². The maximum Gasteiger partial charge on any atom is 0.411 e. The number of aromatic nitrogens is 4. The number of nitrogens with zero attached hydrogens (tertiary/aromatic N) is 4. The largest absolute Gasteiger partial charge is 0.411 e. The summed E-state index contributed by atoms with van der Waals surface area (Å²) >= 11 is 0. The van der Waals surface area contributed by atoms with Crippen LogP contribution in [0.25, 0.3) is 0 Å². The summed E-state index contributed by atoms with van der Waals surface area (Å²) in [7, 11) is 0. The van der Waals surface area contributed by atoms with E-state index in [-0.39, 0.29) is 13.2 Å². The molecule has 0 spiro atoms. The first-order valence-electron chi connectivity index (χ1n) is 5.13. The molecule has 0 unspecified atom stereocenters. The summed E-state index contributed by atoms with van der Waals surface area (Å²) in [5.41, 5.74) is 0. The molecule has 1 heterocycles. The molecule has 9 heteroatoms. The van der Waals surface area contributed by atoms with E-state index < -0.39 is 12.8 Å². The van der Waals surface area contributed by atoms with Crippen molar-refractivity contribution in [1.82, 2.24) is 25.5 Å². The van der Waals surface area contributed by atoms with Gasteiger partial charge in [0.25, 0.3) is 0 Å². The van der Waals surface area contributed by atoms with E-state index in [1.165, 1.54) is 4.68 Å². The summed E-state index contributed by atoms with van der Waals surface area (Å²) in [4.78, 5) is 0. The van der Waals surface area contributed by atoms with Crippen LogP contribution in [0.4, 0.5) is 13.2 Å². The second-order valence-electron chi connectivity index (χ2n) is 3.27. The second-order valence-corrected chi connectivity index (χ2v) is 3.27. The molecule has 1 aromatic heterocycles. The van der Waals surface area contributed by atoms with Crippen molar-refractivity contribution < 1.29 is 17.9 Å². The zero-order valence-electron chi connectivity index (χ0n) is 9.37. The molecule has 1 rings (SSSR count). The van der Waals surface area contributed by atoms with Gasteiger partial charge in [0, 0.05) is 0 Å². The Bertz CT molecular complexity index is 327. The van der Waals surface area contributed by atoms with E-state index in [2.05, 4.69) is 25.6 Å². The average molecular weight is 253 g/mol. The third kappa shape index (κ3) is 5.59. The fraction of sp³-hybridized carbons (Fsp3) is 0.875. The minimum absolute atomic E-state index is 0.0797. The van der Waals surface area contributed by atoms with Crippen molar-refractivity contribution in [3.8, 4) is 0 Å². The molecular weight excluding hydrogens is 239 g/mol. The van der Waals surface area contributed by atoms with Crippen LogP contribution in [0.1, 0.15) is 12.7 Å². The van der Waals surface area contributed by atoms with Crippen LogP contribution in [-0.2, 0) is 17.8 Å². The van der Waals surface area contributed by atoms with Crippen molar-refractivity contribution in [2.45, 2.75) is 26.2 Å². The summed E-state index contributed by atoms with van der Waals surface area (Å²) in [6, 6.07) is 0. The first kappa shape index (κ1) is 13.8. The lowest BCUT2D eigenvalue weighted by Crippen LogP contribution is -2.21. The Hall–Kier alpha value is -1.22. The van der Waals surface area contributed by atoms with Gasteiger partial charge >= 0.3 is 6.18 Å². The van der Waals surface area contributed by atoms with Crippen LogP contribution in [0.15, 0.2) is 0 Å². The summed E-state index contributed by atoms with van der Waals surface area (Å²) < 4.78 is 41.2. The highest BCUT2D eigenvalue weighted by molar-refractivity contribution is 4.79. The minimum atomic E-state index is -4.30. The average Bonchev–Trinajstić information content (AvgIpc) is 2.67. The fourth-order valence-electron chi connectivity index (χ4n) is 1.10. The number of hydrogen-bond acceptors (Lipinski definition) is 5. The van der Waals surface area contributed by atoms with Crippen molar-refractivity contribution in [2.75, 3.05) is 19.8 Å². The van der Waals surface area contributed by atoms with Crippen molar-refractivity contribution in [3.05, 3.63) is 5.82 Å². The molecule has 0 fully saturated rings. The van der Waals surface area contributed by atoms with Crippen LogP contribution in [0, 0.1) is 0 Å². The highest BCUT2D eigenvalue weighted by atomic mass is 19.4. The van der Waals surface area contributed by atoms with Gasteiger partial charge in [-0.2, -0.15) is 13.2 Å². The number of halogens is 3. The summed E-state index contributed by atoms with van der Waals surface area (Å²) in [5.74, 6) is 0.572. The first-order chi connectivity index (χ1) is 8.03. The first-order valence-corrected chi connectivity index (χ1v) is 5.13. The van der Waals surface area contributed by atoms with Gasteiger partial charge in [-0.25, -0.2) is 4.68 Å². The number of nitrogens with one attached hydrogen (secondary N) is 1. The number of ether oxygens (including phenoxy) is 1. The molecule has 0 aliphatic carbocycles. The number of tetrazole rings is 1. The molecule has 1 aromatic rings. The lowest BCUT2D eigenvalue weighted by Gasteiger charge is -2.08. The monoisotopic (exact) mass is 253 g/mol. The van der Waals surface area contributed by atoms with Crippen LogP contribution in [0.2, 0.25) is 0 Å². The maximum atomic E-state index is 11.8. The van der Waals surface area contributed by atoms with E-state index in [4.69, 9.17) is 0 Å². The Balaban J connectivity index is 2.29. The van der Waals surface area contributed by atoms with Gasteiger partial charge in [0.05, 0.1) is 19.7 Å². The smallest absolute Gasteiger partial charge is 0.370 e. The zero-order valence-corrected chi connectivity index (χ0v) is 9.37. The Morgan fingerprint density at radius 2 is 2.18 bits per heavy atom. The summed E-state index contributed by atoms with van der Waals surface area (Å²) in [5, 5.41) is 13.9. The molecule has 6 nitrogen and oxygen atoms in total. The van der Waals surface area contributed by atoms with E-state index >= 15 is 0 Å². The summed E-state index contributed by atoms with van der Waals surface area (Å²) in [6.45, 7) is 2.03. The molecule has 98 valence electrons. The van der Waals surface area contributed by atoms with Crippen LogP contribution >= 0.6 is 0 Å². The summed E-state index contributed by atoms with van der Waals surface area (Å²) in [6.07, 6.45) is -4.30. The highest BCUT2D eigenvalue weighted by Crippen LogP contribution is 2.14.